The van der Waals surface area contributed by atoms with E-state index in [0.717, 1.165) is 5.56 Å². The van der Waals surface area contributed by atoms with Crippen molar-refractivity contribution in [1.29, 1.82) is 0 Å². The van der Waals surface area contributed by atoms with Crippen LogP contribution in [0.5, 0.6) is 0 Å². The molecule has 0 saturated carbocycles. The van der Waals surface area contributed by atoms with E-state index >= 15 is 0 Å². The Hall–Kier alpha value is -4.15. The summed E-state index contributed by atoms with van der Waals surface area (Å²) in [5.74, 6) is 0. The van der Waals surface area contributed by atoms with Gasteiger partial charge in [0.2, 0.25) is 0 Å². The van der Waals surface area contributed by atoms with Gasteiger partial charge in [0.25, 0.3) is 0 Å². The minimum absolute atomic E-state index is 0.0114. The summed E-state index contributed by atoms with van der Waals surface area (Å²) in [5, 5.41) is 11.4. The molecule has 0 bridgehead atoms. The number of nitrogens with zero attached hydrogens (tertiary/aromatic N) is 2. The van der Waals surface area contributed by atoms with Crippen LogP contribution in [0.2, 0.25) is 0 Å². The Labute approximate surface area is 211 Å². The van der Waals surface area contributed by atoms with E-state index in [9.17, 15) is 9.59 Å². The molecule has 0 aromatic heterocycles. The van der Waals surface area contributed by atoms with Crippen molar-refractivity contribution in [2.24, 2.45) is 10.2 Å². The standard InChI is InChI=1S/C29H27N2O4P/c1-2-34-28(32)30-31-29(33)35-22-23-18-20-27(21-19-23)36(24-12-6-3-7-13-24,25-14-8-4-9-15-25)26-16-10-5-11-17-26/h3-21,36H,2,22H2,1H3/b31-30+. The first-order valence-electron chi connectivity index (χ1n) is 11.7. The predicted octanol–water partition coefficient (Wildman–Crippen LogP) is 5.28. The maximum atomic E-state index is 11.8. The average molecular weight is 499 g/mol. The summed E-state index contributed by atoms with van der Waals surface area (Å²) < 4.78 is 9.75. The Morgan fingerprint density at radius 3 is 1.39 bits per heavy atom. The molecule has 0 spiro atoms. The van der Waals surface area contributed by atoms with Crippen LogP contribution >= 0.6 is 7.26 Å². The molecule has 0 aliphatic carbocycles. The maximum absolute atomic E-state index is 11.8. The normalized spacial score (nSPS) is 11.7. The van der Waals surface area contributed by atoms with Crippen molar-refractivity contribution in [2.75, 3.05) is 6.61 Å². The summed E-state index contributed by atoms with van der Waals surface area (Å²) in [4.78, 5) is 23.0. The molecule has 0 heterocycles. The molecule has 4 aromatic rings. The number of azo groups is 1. The molecule has 2 amide bonds. The molecule has 0 aliphatic rings. The number of carbonyl (C=O) groups is 2. The molecule has 0 fully saturated rings. The molecule has 0 radical (unpaired) electrons. The zero-order chi connectivity index (χ0) is 25.2. The molecular weight excluding hydrogens is 471 g/mol. The van der Waals surface area contributed by atoms with Crippen molar-refractivity contribution in [3.8, 4) is 0 Å². The molecular formula is C29H27N2O4P. The van der Waals surface area contributed by atoms with Gasteiger partial charge in [-0.15, -0.1) is 0 Å². The third-order valence-corrected chi connectivity index (χ3v) is 10.6. The molecule has 0 atom stereocenters. The molecule has 7 heteroatoms. The van der Waals surface area contributed by atoms with Crippen molar-refractivity contribution < 1.29 is 19.1 Å². The van der Waals surface area contributed by atoms with Crippen LogP contribution in [0.15, 0.2) is 125 Å². The first kappa shape index (κ1) is 25.0. The first-order valence-corrected chi connectivity index (χ1v) is 13.7. The summed E-state index contributed by atoms with van der Waals surface area (Å²) in [7, 11) is -2.59. The van der Waals surface area contributed by atoms with Crippen molar-refractivity contribution in [3.05, 3.63) is 121 Å². The molecule has 36 heavy (non-hydrogen) atoms. The van der Waals surface area contributed by atoms with Gasteiger partial charge in [-0.3, -0.25) is 0 Å². The van der Waals surface area contributed by atoms with Crippen molar-refractivity contribution in [3.63, 3.8) is 0 Å². The molecule has 0 aliphatic heterocycles. The van der Waals surface area contributed by atoms with Crippen LogP contribution in [0.4, 0.5) is 9.59 Å². The fourth-order valence-corrected chi connectivity index (χ4v) is 9.07. The van der Waals surface area contributed by atoms with Gasteiger partial charge in [0.1, 0.15) is 0 Å². The number of hydrogen-bond donors (Lipinski definition) is 0. The van der Waals surface area contributed by atoms with E-state index in [4.69, 9.17) is 4.74 Å². The van der Waals surface area contributed by atoms with Crippen LogP contribution in [-0.4, -0.2) is 18.8 Å². The summed E-state index contributed by atoms with van der Waals surface area (Å²) in [6, 6.07) is 40.0. The fraction of sp³-hybridized carbons (Fsp3) is 0.103. The van der Waals surface area contributed by atoms with Gasteiger partial charge in [-0.1, -0.05) is 0 Å². The van der Waals surface area contributed by atoms with E-state index in [2.05, 4.69) is 99.9 Å². The van der Waals surface area contributed by atoms with Crippen molar-refractivity contribution in [1.82, 2.24) is 0 Å². The second-order valence-electron chi connectivity index (χ2n) is 8.00. The Bertz CT molecular complexity index is 1220. The summed E-state index contributed by atoms with van der Waals surface area (Å²) in [5.41, 5.74) is 0.801. The summed E-state index contributed by atoms with van der Waals surface area (Å²) in [6.07, 6.45) is -1.88. The van der Waals surface area contributed by atoms with E-state index in [1.54, 1.807) is 6.92 Å². The number of ether oxygens (including phenoxy) is 2. The summed E-state index contributed by atoms with van der Waals surface area (Å²) in [6.45, 7) is 1.80. The van der Waals surface area contributed by atoms with Crippen LogP contribution < -0.4 is 21.2 Å². The summed E-state index contributed by atoms with van der Waals surface area (Å²) >= 11 is 0. The molecule has 182 valence electrons. The van der Waals surface area contributed by atoms with Crippen LogP contribution in [0.3, 0.4) is 0 Å². The number of amides is 2. The van der Waals surface area contributed by atoms with Gasteiger partial charge in [0.05, 0.1) is 0 Å². The molecule has 0 saturated heterocycles. The molecule has 4 rings (SSSR count). The zero-order valence-electron chi connectivity index (χ0n) is 19.9. The second kappa shape index (κ2) is 12.0. The van der Waals surface area contributed by atoms with Gasteiger partial charge in [0.15, 0.2) is 0 Å². The molecule has 0 unspecified atom stereocenters. The number of rotatable bonds is 7. The molecule has 4 aromatic carbocycles. The van der Waals surface area contributed by atoms with Crippen LogP contribution in [0.25, 0.3) is 0 Å². The minimum atomic E-state index is -2.59. The fourth-order valence-electron chi connectivity index (χ4n) is 4.32. The SMILES string of the molecule is CCOC(=O)/N=N/C(=O)OCc1ccc([PH](c2ccccc2)(c2ccccc2)c2ccccc2)cc1. The van der Waals surface area contributed by atoms with Gasteiger partial charge in [-0.25, -0.2) is 0 Å². The third kappa shape index (κ3) is 5.56. The monoisotopic (exact) mass is 498 g/mol. The Morgan fingerprint density at radius 2 is 0.972 bits per heavy atom. The Kier molecular flexibility index (Phi) is 8.32. The second-order valence-corrected chi connectivity index (χ2v) is 11.8. The molecule has 6 nitrogen and oxygen atoms in total. The molecule has 0 N–H and O–H groups in total. The Balaban J connectivity index is 1.69. The van der Waals surface area contributed by atoms with Crippen LogP contribution in [0, 0.1) is 0 Å². The van der Waals surface area contributed by atoms with Crippen LogP contribution in [-0.2, 0) is 16.1 Å². The van der Waals surface area contributed by atoms with Gasteiger partial charge >= 0.3 is 204 Å². The van der Waals surface area contributed by atoms with E-state index in [-0.39, 0.29) is 13.2 Å². The van der Waals surface area contributed by atoms with Crippen LogP contribution in [0.1, 0.15) is 12.5 Å². The first-order chi connectivity index (χ1) is 17.6. The quantitative estimate of drug-likeness (QED) is 0.257. The van der Waals surface area contributed by atoms with Crippen molar-refractivity contribution >= 4 is 40.7 Å². The van der Waals surface area contributed by atoms with E-state index in [1.807, 2.05) is 30.3 Å². The van der Waals surface area contributed by atoms with Gasteiger partial charge < -0.3 is 0 Å². The van der Waals surface area contributed by atoms with Gasteiger partial charge in [-0.2, -0.15) is 0 Å². The topological polar surface area (TPSA) is 77.3 Å². The van der Waals surface area contributed by atoms with E-state index < -0.39 is 19.4 Å². The van der Waals surface area contributed by atoms with Gasteiger partial charge in [-0.05, 0) is 6.92 Å². The Morgan fingerprint density at radius 1 is 0.583 bits per heavy atom. The number of carbonyl (C=O) groups excluding carboxylic acids is 2. The van der Waals surface area contributed by atoms with E-state index in [1.165, 1.54) is 21.2 Å². The number of hydrogen-bond acceptors (Lipinski definition) is 4. The van der Waals surface area contributed by atoms with Crippen molar-refractivity contribution in [2.45, 2.75) is 13.5 Å². The zero-order valence-corrected chi connectivity index (χ0v) is 20.9. The number of benzene rings is 4. The average Bonchev–Trinajstić information content (AvgIpc) is 2.94. The van der Waals surface area contributed by atoms with Gasteiger partial charge in [0, 0.05) is 0 Å². The van der Waals surface area contributed by atoms with E-state index in [0.29, 0.717) is 0 Å². The predicted molar refractivity (Wildman–Crippen MR) is 145 cm³/mol. The third-order valence-electron chi connectivity index (χ3n) is 5.85.